The molecule has 20 heavy (non-hydrogen) atoms. The molecule has 1 aromatic carbocycles. The number of nitrogens with zero attached hydrogens (tertiary/aromatic N) is 3. The first-order valence-electron chi connectivity index (χ1n) is 6.51. The van der Waals surface area contributed by atoms with Crippen LogP contribution in [0.5, 0.6) is 5.75 Å². The van der Waals surface area contributed by atoms with Gasteiger partial charge in [-0.3, -0.25) is 4.79 Å². The first-order chi connectivity index (χ1) is 9.79. The second-order valence-electron chi connectivity index (χ2n) is 4.47. The third kappa shape index (κ3) is 2.20. The molecule has 0 aliphatic carbocycles. The van der Waals surface area contributed by atoms with Crippen LogP contribution in [0.15, 0.2) is 51.3 Å². The molecule has 3 rings (SSSR count). The molecule has 0 spiro atoms. The Hall–Kier alpha value is -2.50. The smallest absolute Gasteiger partial charge is 0.258 e. The quantitative estimate of drug-likeness (QED) is 0.911. The van der Waals surface area contributed by atoms with E-state index in [1.165, 1.54) is 6.20 Å². The summed E-state index contributed by atoms with van der Waals surface area (Å²) in [6, 6.07) is 7.55. The van der Waals surface area contributed by atoms with Crippen molar-refractivity contribution in [1.82, 2.24) is 5.32 Å². The maximum absolute atomic E-state index is 12.0. The average Bonchev–Trinajstić information content (AvgIpc) is 2.94. The summed E-state index contributed by atoms with van der Waals surface area (Å²) in [4.78, 5) is 16.4. The van der Waals surface area contributed by atoms with Crippen molar-refractivity contribution in [2.75, 3.05) is 6.61 Å². The molecule has 1 atom stereocenters. The molecule has 102 valence electrons. The number of amides is 1. The van der Waals surface area contributed by atoms with Crippen molar-refractivity contribution in [3.05, 3.63) is 41.6 Å². The van der Waals surface area contributed by atoms with Crippen molar-refractivity contribution in [1.29, 1.82) is 0 Å². The highest BCUT2D eigenvalue weighted by Gasteiger charge is 2.30. The topological polar surface area (TPSA) is 75.4 Å². The Bertz CT molecular complexity index is 634. The molecule has 6 heteroatoms. The zero-order valence-corrected chi connectivity index (χ0v) is 11.0. The minimum Gasteiger partial charge on any atom is -0.493 e. The van der Waals surface area contributed by atoms with Crippen LogP contribution in [0, 0.1) is 0 Å². The molecule has 6 nitrogen and oxygen atoms in total. The van der Waals surface area contributed by atoms with E-state index in [9.17, 15) is 4.79 Å². The van der Waals surface area contributed by atoms with Gasteiger partial charge in [0.1, 0.15) is 11.3 Å². The minimum atomic E-state index is -0.486. The third-order valence-electron chi connectivity index (χ3n) is 3.02. The Kier molecular flexibility index (Phi) is 3.28. The Morgan fingerprint density at radius 3 is 3.05 bits per heavy atom. The van der Waals surface area contributed by atoms with E-state index in [1.54, 1.807) is 0 Å². The Morgan fingerprint density at radius 1 is 1.35 bits per heavy atom. The van der Waals surface area contributed by atoms with Crippen molar-refractivity contribution >= 4 is 11.7 Å². The van der Waals surface area contributed by atoms with Crippen molar-refractivity contribution in [3.63, 3.8) is 0 Å². The minimum absolute atomic E-state index is 0.213. The third-order valence-corrected chi connectivity index (χ3v) is 3.02. The number of aliphatic imine (C=N–C) groups is 1. The predicted molar refractivity (Wildman–Crippen MR) is 73.5 cm³/mol. The molecule has 2 heterocycles. The molecular formula is C14H14N4O2. The number of carbonyl (C=O) groups is 1. The summed E-state index contributed by atoms with van der Waals surface area (Å²) in [5, 5.41) is 10.4. The van der Waals surface area contributed by atoms with Crippen LogP contribution in [-0.4, -0.2) is 18.3 Å². The van der Waals surface area contributed by atoms with Gasteiger partial charge in [0.15, 0.2) is 12.0 Å². The van der Waals surface area contributed by atoms with E-state index >= 15 is 0 Å². The van der Waals surface area contributed by atoms with Gasteiger partial charge in [0.05, 0.1) is 12.8 Å². The Morgan fingerprint density at radius 2 is 2.20 bits per heavy atom. The van der Waals surface area contributed by atoms with Gasteiger partial charge >= 0.3 is 0 Å². The van der Waals surface area contributed by atoms with Gasteiger partial charge in [-0.2, -0.15) is 5.11 Å². The number of fused-ring (bicyclic) bond motifs is 1. The number of para-hydroxylation sites is 1. The lowest BCUT2D eigenvalue weighted by Gasteiger charge is -2.22. The molecule has 1 N–H and O–H groups in total. The van der Waals surface area contributed by atoms with Gasteiger partial charge in [-0.1, -0.05) is 25.1 Å². The predicted octanol–water partition coefficient (Wildman–Crippen LogP) is 2.35. The highest BCUT2D eigenvalue weighted by Crippen LogP contribution is 2.30. The number of rotatable bonds is 4. The van der Waals surface area contributed by atoms with E-state index in [-0.39, 0.29) is 5.91 Å². The largest absolute Gasteiger partial charge is 0.493 e. The standard InChI is InChI=1S/C14H14N4O2/c1-2-7-20-11-6-4-3-5-9(11)12-16-13-10(8-15-18-13)14(19)17-12/h3-6,8,12H,2,7H2,1H3,(H,17,19). The number of benzene rings is 1. The summed E-state index contributed by atoms with van der Waals surface area (Å²) in [5.74, 6) is 0.894. The lowest BCUT2D eigenvalue weighted by molar-refractivity contribution is -0.117. The number of hydrogen-bond donors (Lipinski definition) is 1. The van der Waals surface area contributed by atoms with Gasteiger partial charge in [-0.05, 0) is 12.5 Å². The zero-order valence-electron chi connectivity index (χ0n) is 11.0. The van der Waals surface area contributed by atoms with Crippen LogP contribution in [0.4, 0.5) is 0 Å². The van der Waals surface area contributed by atoms with Crippen molar-refractivity contribution in [2.45, 2.75) is 19.5 Å². The molecule has 0 fully saturated rings. The molecule has 0 saturated heterocycles. The van der Waals surface area contributed by atoms with Crippen LogP contribution >= 0.6 is 0 Å². The highest BCUT2D eigenvalue weighted by atomic mass is 16.5. The van der Waals surface area contributed by atoms with E-state index in [0.29, 0.717) is 18.0 Å². The van der Waals surface area contributed by atoms with Gasteiger partial charge in [0.25, 0.3) is 5.91 Å². The molecular weight excluding hydrogens is 256 g/mol. The first kappa shape index (κ1) is 12.5. The molecule has 0 saturated carbocycles. The van der Waals surface area contributed by atoms with Crippen LogP contribution < -0.4 is 10.1 Å². The Labute approximate surface area is 116 Å². The number of hydrogen-bond acceptors (Lipinski definition) is 5. The number of azo groups is 1. The fourth-order valence-corrected chi connectivity index (χ4v) is 2.06. The summed E-state index contributed by atoms with van der Waals surface area (Å²) in [7, 11) is 0. The monoisotopic (exact) mass is 270 g/mol. The fraction of sp³-hybridized carbons (Fsp3) is 0.286. The maximum atomic E-state index is 12.0. The second-order valence-corrected chi connectivity index (χ2v) is 4.47. The van der Waals surface area contributed by atoms with E-state index in [0.717, 1.165) is 17.7 Å². The average molecular weight is 270 g/mol. The SMILES string of the molecule is CCCOc1ccccc1C1N=C2N=NC=C2C(=O)N1. The second kappa shape index (κ2) is 5.24. The van der Waals surface area contributed by atoms with Crippen LogP contribution in [0.2, 0.25) is 0 Å². The molecule has 0 radical (unpaired) electrons. The van der Waals surface area contributed by atoms with E-state index in [2.05, 4.69) is 20.5 Å². The molecule has 2 aliphatic rings. The normalized spacial score (nSPS) is 20.1. The molecule has 1 amide bonds. The van der Waals surface area contributed by atoms with E-state index in [1.807, 2.05) is 31.2 Å². The molecule has 0 aromatic heterocycles. The number of amidine groups is 1. The van der Waals surface area contributed by atoms with Gasteiger partial charge in [-0.15, -0.1) is 5.11 Å². The number of carbonyl (C=O) groups excluding carboxylic acids is 1. The summed E-state index contributed by atoms with van der Waals surface area (Å²) >= 11 is 0. The lowest BCUT2D eigenvalue weighted by atomic mass is 10.1. The van der Waals surface area contributed by atoms with Gasteiger partial charge in [0, 0.05) is 5.56 Å². The summed E-state index contributed by atoms with van der Waals surface area (Å²) in [5.41, 5.74) is 1.23. The van der Waals surface area contributed by atoms with Gasteiger partial charge in [0.2, 0.25) is 0 Å². The summed E-state index contributed by atoms with van der Waals surface area (Å²) < 4.78 is 5.70. The molecule has 2 aliphatic heterocycles. The van der Waals surface area contributed by atoms with Gasteiger partial charge in [-0.25, -0.2) is 4.99 Å². The maximum Gasteiger partial charge on any atom is 0.258 e. The molecule has 0 bridgehead atoms. The van der Waals surface area contributed by atoms with Gasteiger partial charge < -0.3 is 10.1 Å². The van der Waals surface area contributed by atoms with E-state index < -0.39 is 6.17 Å². The van der Waals surface area contributed by atoms with Crippen LogP contribution in [0.3, 0.4) is 0 Å². The van der Waals surface area contributed by atoms with Crippen molar-refractivity contribution in [3.8, 4) is 5.75 Å². The van der Waals surface area contributed by atoms with Crippen LogP contribution in [-0.2, 0) is 4.79 Å². The number of nitrogens with one attached hydrogen (secondary N) is 1. The molecule has 1 aromatic rings. The summed E-state index contributed by atoms with van der Waals surface area (Å²) in [6.07, 6.45) is 1.85. The molecule has 1 unspecified atom stereocenters. The van der Waals surface area contributed by atoms with Crippen molar-refractivity contribution in [2.24, 2.45) is 15.2 Å². The van der Waals surface area contributed by atoms with Crippen LogP contribution in [0.25, 0.3) is 0 Å². The van der Waals surface area contributed by atoms with E-state index in [4.69, 9.17) is 4.74 Å². The summed E-state index contributed by atoms with van der Waals surface area (Å²) in [6.45, 7) is 2.67. The lowest BCUT2D eigenvalue weighted by Crippen LogP contribution is -2.35. The first-order valence-corrected chi connectivity index (χ1v) is 6.51. The van der Waals surface area contributed by atoms with Crippen LogP contribution in [0.1, 0.15) is 25.1 Å². The Balaban J connectivity index is 1.94. The zero-order chi connectivity index (χ0) is 13.9. The fourth-order valence-electron chi connectivity index (χ4n) is 2.06. The van der Waals surface area contributed by atoms with Crippen molar-refractivity contribution < 1.29 is 9.53 Å². The number of ether oxygens (including phenoxy) is 1. The highest BCUT2D eigenvalue weighted by molar-refractivity contribution is 6.23.